The molecule has 0 saturated heterocycles. The first kappa shape index (κ1) is 10.9. The summed E-state index contributed by atoms with van der Waals surface area (Å²) in [4.78, 5) is 3.66. The van der Waals surface area contributed by atoms with E-state index < -0.39 is 24.2 Å². The molecule has 6 heteroatoms. The van der Waals surface area contributed by atoms with Crippen molar-refractivity contribution >= 4 is 5.65 Å². The van der Waals surface area contributed by atoms with E-state index in [0.717, 1.165) is 10.5 Å². The summed E-state index contributed by atoms with van der Waals surface area (Å²) in [6.45, 7) is 1.63. The lowest BCUT2D eigenvalue weighted by molar-refractivity contribution is 0.136. The predicted octanol–water partition coefficient (Wildman–Crippen LogP) is 3.52. The standard InChI is InChI=1S/C10H8F4N2/c1-5-2-3-16-7(9(13)14)4-6(8(11)12)15-10(5)16/h2-4,8-9H,1H3. The van der Waals surface area contributed by atoms with E-state index in [1.165, 1.54) is 6.20 Å². The Labute approximate surface area is 88.5 Å². The van der Waals surface area contributed by atoms with Crippen LogP contribution in [0.15, 0.2) is 18.3 Å². The van der Waals surface area contributed by atoms with Crippen molar-refractivity contribution in [2.75, 3.05) is 0 Å². The lowest BCUT2D eigenvalue weighted by Gasteiger charge is -2.08. The van der Waals surface area contributed by atoms with Crippen molar-refractivity contribution in [3.63, 3.8) is 0 Å². The summed E-state index contributed by atoms with van der Waals surface area (Å²) in [7, 11) is 0. The van der Waals surface area contributed by atoms with Crippen LogP contribution in [-0.4, -0.2) is 9.38 Å². The molecule has 0 radical (unpaired) electrons. The molecule has 0 amide bonds. The molecule has 0 unspecified atom stereocenters. The molecule has 2 aromatic heterocycles. The predicted molar refractivity (Wildman–Crippen MR) is 49.8 cm³/mol. The quantitative estimate of drug-likeness (QED) is 0.724. The Morgan fingerprint density at radius 2 is 1.88 bits per heavy atom. The van der Waals surface area contributed by atoms with E-state index in [2.05, 4.69) is 4.98 Å². The maximum Gasteiger partial charge on any atom is 0.280 e. The van der Waals surface area contributed by atoms with Gasteiger partial charge in [-0.15, -0.1) is 0 Å². The molecule has 2 aromatic rings. The molecule has 2 rings (SSSR count). The summed E-state index contributed by atoms with van der Waals surface area (Å²) in [6, 6.07) is 2.30. The maximum absolute atomic E-state index is 12.7. The van der Waals surface area contributed by atoms with Gasteiger partial charge >= 0.3 is 0 Å². The molecule has 0 aliphatic heterocycles. The third-order valence-corrected chi connectivity index (χ3v) is 2.31. The van der Waals surface area contributed by atoms with Crippen LogP contribution >= 0.6 is 0 Å². The molecule has 0 aromatic carbocycles. The Morgan fingerprint density at radius 3 is 2.44 bits per heavy atom. The van der Waals surface area contributed by atoms with Crippen LogP contribution in [0.3, 0.4) is 0 Å². The molecular weight excluding hydrogens is 224 g/mol. The van der Waals surface area contributed by atoms with Crippen molar-refractivity contribution in [3.8, 4) is 0 Å². The minimum atomic E-state index is -2.85. The van der Waals surface area contributed by atoms with Crippen LogP contribution in [0.2, 0.25) is 0 Å². The molecule has 0 atom stereocenters. The van der Waals surface area contributed by atoms with Crippen LogP contribution in [0.5, 0.6) is 0 Å². The van der Waals surface area contributed by atoms with Gasteiger partial charge in [-0.25, -0.2) is 22.5 Å². The summed E-state index contributed by atoms with van der Waals surface area (Å²) in [5, 5.41) is 0. The number of hydrogen-bond acceptors (Lipinski definition) is 1. The van der Waals surface area contributed by atoms with Gasteiger partial charge in [0, 0.05) is 6.20 Å². The van der Waals surface area contributed by atoms with E-state index in [1.54, 1.807) is 13.0 Å². The average molecular weight is 232 g/mol. The van der Waals surface area contributed by atoms with Gasteiger partial charge in [-0.05, 0) is 24.6 Å². The summed E-state index contributed by atoms with van der Waals surface area (Å²) >= 11 is 0. The fourth-order valence-corrected chi connectivity index (χ4v) is 1.53. The van der Waals surface area contributed by atoms with Crippen molar-refractivity contribution < 1.29 is 17.6 Å². The number of aromatic nitrogens is 2. The van der Waals surface area contributed by atoms with Crippen LogP contribution < -0.4 is 0 Å². The van der Waals surface area contributed by atoms with E-state index in [0.29, 0.717) is 5.56 Å². The average Bonchev–Trinajstić information content (AvgIpc) is 2.59. The molecule has 0 aliphatic carbocycles. The van der Waals surface area contributed by atoms with Crippen molar-refractivity contribution in [1.82, 2.24) is 9.38 Å². The molecule has 0 saturated carbocycles. The minimum Gasteiger partial charge on any atom is -0.300 e. The lowest BCUT2D eigenvalue weighted by Crippen LogP contribution is -2.02. The van der Waals surface area contributed by atoms with Gasteiger partial charge in [-0.2, -0.15) is 0 Å². The van der Waals surface area contributed by atoms with Crippen LogP contribution in [0, 0.1) is 6.92 Å². The number of hydrogen-bond donors (Lipinski definition) is 0. The second kappa shape index (κ2) is 3.77. The van der Waals surface area contributed by atoms with Crippen LogP contribution in [0.25, 0.3) is 5.65 Å². The number of aryl methyl sites for hydroxylation is 1. The zero-order chi connectivity index (χ0) is 11.9. The summed E-state index contributed by atoms with van der Waals surface area (Å²) in [6.07, 6.45) is -4.26. The number of rotatable bonds is 2. The Balaban J connectivity index is 2.75. The first-order valence-electron chi connectivity index (χ1n) is 4.55. The molecule has 86 valence electrons. The smallest absolute Gasteiger partial charge is 0.280 e. The Morgan fingerprint density at radius 1 is 1.19 bits per heavy atom. The first-order chi connectivity index (χ1) is 7.50. The third-order valence-electron chi connectivity index (χ3n) is 2.31. The van der Waals surface area contributed by atoms with Crippen molar-refractivity contribution in [3.05, 3.63) is 35.3 Å². The molecule has 0 N–H and O–H groups in total. The molecule has 0 aliphatic rings. The first-order valence-corrected chi connectivity index (χ1v) is 4.55. The summed E-state index contributed by atoms with van der Waals surface area (Å²) < 4.78 is 51.4. The Bertz CT molecular complexity index is 519. The van der Waals surface area contributed by atoms with Crippen LogP contribution in [0.1, 0.15) is 29.8 Å². The number of fused-ring (bicyclic) bond motifs is 1. The molecular formula is C10H8F4N2. The molecule has 2 heterocycles. The molecule has 0 fully saturated rings. The van der Waals surface area contributed by atoms with Gasteiger partial charge < -0.3 is 0 Å². The highest BCUT2D eigenvalue weighted by atomic mass is 19.3. The zero-order valence-corrected chi connectivity index (χ0v) is 8.29. The third kappa shape index (κ3) is 1.64. The van der Waals surface area contributed by atoms with Gasteiger partial charge in [0.15, 0.2) is 0 Å². The fourth-order valence-electron chi connectivity index (χ4n) is 1.53. The van der Waals surface area contributed by atoms with Gasteiger partial charge in [-0.1, -0.05) is 0 Å². The maximum atomic E-state index is 12.7. The van der Waals surface area contributed by atoms with Crippen molar-refractivity contribution in [2.45, 2.75) is 19.8 Å². The highest BCUT2D eigenvalue weighted by Gasteiger charge is 2.19. The van der Waals surface area contributed by atoms with Gasteiger partial charge in [0.25, 0.3) is 12.9 Å². The van der Waals surface area contributed by atoms with Crippen LogP contribution in [-0.2, 0) is 0 Å². The second-order valence-corrected chi connectivity index (χ2v) is 3.40. The lowest BCUT2D eigenvalue weighted by atomic mass is 10.3. The monoisotopic (exact) mass is 232 g/mol. The number of nitrogens with zero attached hydrogens (tertiary/aromatic N) is 2. The van der Waals surface area contributed by atoms with E-state index in [1.807, 2.05) is 0 Å². The highest BCUT2D eigenvalue weighted by Crippen LogP contribution is 2.26. The van der Waals surface area contributed by atoms with Gasteiger partial charge in [-0.3, -0.25) is 4.40 Å². The Hall–Kier alpha value is -1.59. The largest absolute Gasteiger partial charge is 0.300 e. The van der Waals surface area contributed by atoms with Gasteiger partial charge in [0.1, 0.15) is 11.3 Å². The molecule has 2 nitrogen and oxygen atoms in total. The topological polar surface area (TPSA) is 17.3 Å². The summed E-state index contributed by atoms with van der Waals surface area (Å²) in [5.74, 6) is 0. The van der Waals surface area contributed by atoms with E-state index >= 15 is 0 Å². The SMILES string of the molecule is Cc1ccn2c(C(F)F)cc(C(F)F)nc12. The number of halogens is 4. The van der Waals surface area contributed by atoms with E-state index in [4.69, 9.17) is 0 Å². The van der Waals surface area contributed by atoms with Crippen molar-refractivity contribution in [2.24, 2.45) is 0 Å². The van der Waals surface area contributed by atoms with Gasteiger partial charge in [0.05, 0.1) is 5.69 Å². The normalized spacial score (nSPS) is 11.9. The van der Waals surface area contributed by atoms with Crippen LogP contribution in [0.4, 0.5) is 17.6 Å². The molecule has 16 heavy (non-hydrogen) atoms. The van der Waals surface area contributed by atoms with Gasteiger partial charge in [0.2, 0.25) is 0 Å². The summed E-state index contributed by atoms with van der Waals surface area (Å²) in [5.41, 5.74) is -0.351. The zero-order valence-electron chi connectivity index (χ0n) is 8.29. The highest BCUT2D eigenvalue weighted by molar-refractivity contribution is 5.50. The fraction of sp³-hybridized carbons (Fsp3) is 0.300. The minimum absolute atomic E-state index is 0.146. The molecule has 0 bridgehead atoms. The van der Waals surface area contributed by atoms with E-state index in [9.17, 15) is 17.6 Å². The number of alkyl halides is 4. The van der Waals surface area contributed by atoms with E-state index in [-0.39, 0.29) is 5.65 Å². The molecule has 0 spiro atoms. The van der Waals surface area contributed by atoms with Crippen molar-refractivity contribution in [1.29, 1.82) is 0 Å². The second-order valence-electron chi connectivity index (χ2n) is 3.40. The Kier molecular flexibility index (Phi) is 2.57.